The Bertz CT molecular complexity index is 394. The Morgan fingerprint density at radius 3 is 2.73 bits per heavy atom. The zero-order valence-electron chi connectivity index (χ0n) is 8.10. The van der Waals surface area contributed by atoms with Gasteiger partial charge in [0, 0.05) is 11.8 Å². The number of nitrogens with two attached hydrogens (primary N) is 2. The molecule has 0 aliphatic carbocycles. The number of hydrogen-bond acceptors (Lipinski definition) is 6. The van der Waals surface area contributed by atoms with Gasteiger partial charge in [-0.25, -0.2) is 4.98 Å². The first kappa shape index (κ1) is 9.91. The maximum atomic E-state index is 5.53. The number of rotatable bonds is 4. The van der Waals surface area contributed by atoms with Crippen LogP contribution in [0, 0.1) is 0 Å². The molecular formula is C8H12N6S. The molecule has 0 spiro atoms. The first-order valence-electron chi connectivity index (χ1n) is 4.60. The third kappa shape index (κ3) is 2.66. The van der Waals surface area contributed by atoms with E-state index < -0.39 is 0 Å². The van der Waals surface area contributed by atoms with E-state index >= 15 is 0 Å². The summed E-state index contributed by atoms with van der Waals surface area (Å²) in [5.41, 5.74) is 11.9. The summed E-state index contributed by atoms with van der Waals surface area (Å²) in [6, 6.07) is 0. The monoisotopic (exact) mass is 224 g/mol. The second-order valence-electron chi connectivity index (χ2n) is 3.17. The molecule has 2 aromatic heterocycles. The molecular weight excluding hydrogens is 212 g/mol. The number of nitrogens with one attached hydrogen (secondary N) is 1. The lowest BCUT2D eigenvalue weighted by molar-refractivity contribution is 0.764. The predicted octanol–water partition coefficient (Wildman–Crippen LogP) is 0.601. The number of anilines is 2. The molecule has 0 radical (unpaired) electrons. The fourth-order valence-corrected chi connectivity index (χ4v) is 1.89. The maximum absolute atomic E-state index is 5.53. The summed E-state index contributed by atoms with van der Waals surface area (Å²) >= 11 is 1.47. The second kappa shape index (κ2) is 4.26. The van der Waals surface area contributed by atoms with Gasteiger partial charge in [0.1, 0.15) is 5.82 Å². The van der Waals surface area contributed by atoms with Crippen LogP contribution in [0.2, 0.25) is 0 Å². The highest BCUT2D eigenvalue weighted by molar-refractivity contribution is 7.13. The Labute approximate surface area is 90.7 Å². The zero-order chi connectivity index (χ0) is 10.7. The first-order chi connectivity index (χ1) is 7.24. The quantitative estimate of drug-likeness (QED) is 0.705. The number of aryl methyl sites for hydroxylation is 2. The summed E-state index contributed by atoms with van der Waals surface area (Å²) in [5.74, 6) is 1.11. The van der Waals surface area contributed by atoms with Gasteiger partial charge < -0.3 is 11.5 Å². The summed E-state index contributed by atoms with van der Waals surface area (Å²) in [6.45, 7) is 0. The van der Waals surface area contributed by atoms with Crippen molar-refractivity contribution in [2.75, 3.05) is 11.5 Å². The highest BCUT2D eigenvalue weighted by Crippen LogP contribution is 2.13. The van der Waals surface area contributed by atoms with E-state index in [1.807, 2.05) is 5.38 Å². The normalized spacial score (nSPS) is 10.7. The zero-order valence-corrected chi connectivity index (χ0v) is 8.92. The van der Waals surface area contributed by atoms with Crippen LogP contribution in [0.15, 0.2) is 5.38 Å². The molecule has 0 amide bonds. The predicted molar refractivity (Wildman–Crippen MR) is 59.3 cm³/mol. The standard InChI is InChI=1S/C8H12N6S/c9-7-12-6(13-14-7)3-1-2-5-4-15-8(10)11-5/h4H,1-3H2,(H2,10,11)(H3,9,12,13,14). The number of aromatic amines is 1. The molecule has 7 heteroatoms. The second-order valence-corrected chi connectivity index (χ2v) is 4.06. The molecule has 0 bridgehead atoms. The van der Waals surface area contributed by atoms with Crippen LogP contribution in [-0.2, 0) is 12.8 Å². The lowest BCUT2D eigenvalue weighted by Gasteiger charge is -1.94. The molecule has 0 unspecified atom stereocenters. The number of thiazole rings is 1. The van der Waals surface area contributed by atoms with Crippen molar-refractivity contribution in [2.24, 2.45) is 0 Å². The number of H-pyrrole nitrogens is 1. The Balaban J connectivity index is 1.80. The third-order valence-corrected chi connectivity index (χ3v) is 2.69. The molecule has 0 aliphatic rings. The van der Waals surface area contributed by atoms with Crippen molar-refractivity contribution in [2.45, 2.75) is 19.3 Å². The first-order valence-corrected chi connectivity index (χ1v) is 5.48. The minimum absolute atomic E-state index is 0.294. The summed E-state index contributed by atoms with van der Waals surface area (Å²) in [7, 11) is 0. The van der Waals surface area contributed by atoms with Crippen molar-refractivity contribution >= 4 is 22.4 Å². The smallest absolute Gasteiger partial charge is 0.239 e. The van der Waals surface area contributed by atoms with Gasteiger partial charge in [-0.3, -0.25) is 5.10 Å². The van der Waals surface area contributed by atoms with Gasteiger partial charge in [0.2, 0.25) is 5.95 Å². The van der Waals surface area contributed by atoms with Crippen LogP contribution in [0.5, 0.6) is 0 Å². The number of hydrogen-bond donors (Lipinski definition) is 3. The van der Waals surface area contributed by atoms with Crippen LogP contribution in [0.1, 0.15) is 17.9 Å². The Kier molecular flexibility index (Phi) is 2.82. The van der Waals surface area contributed by atoms with Gasteiger partial charge >= 0.3 is 0 Å². The van der Waals surface area contributed by atoms with Crippen LogP contribution in [-0.4, -0.2) is 20.2 Å². The fraction of sp³-hybridized carbons (Fsp3) is 0.375. The maximum Gasteiger partial charge on any atom is 0.239 e. The molecule has 6 nitrogen and oxygen atoms in total. The average Bonchev–Trinajstić information content (AvgIpc) is 2.76. The molecule has 2 aromatic rings. The molecule has 0 aromatic carbocycles. The fourth-order valence-electron chi connectivity index (χ4n) is 1.30. The van der Waals surface area contributed by atoms with Crippen molar-refractivity contribution < 1.29 is 0 Å². The Hall–Kier alpha value is -1.63. The number of aromatic nitrogens is 4. The third-order valence-electron chi connectivity index (χ3n) is 1.97. The van der Waals surface area contributed by atoms with E-state index in [0.717, 1.165) is 30.8 Å². The highest BCUT2D eigenvalue weighted by atomic mass is 32.1. The van der Waals surface area contributed by atoms with E-state index in [4.69, 9.17) is 11.5 Å². The molecule has 15 heavy (non-hydrogen) atoms. The van der Waals surface area contributed by atoms with Crippen molar-refractivity contribution in [3.05, 3.63) is 16.9 Å². The molecule has 2 rings (SSSR count). The van der Waals surface area contributed by atoms with E-state index in [2.05, 4.69) is 20.2 Å². The molecule has 0 aliphatic heterocycles. The summed E-state index contributed by atoms with van der Waals surface area (Å²) in [6.07, 6.45) is 2.67. The molecule has 0 saturated carbocycles. The Morgan fingerprint density at radius 2 is 2.13 bits per heavy atom. The summed E-state index contributed by atoms with van der Waals surface area (Å²) in [5, 5.41) is 9.12. The van der Waals surface area contributed by atoms with E-state index in [-0.39, 0.29) is 0 Å². The average molecular weight is 224 g/mol. The van der Waals surface area contributed by atoms with Gasteiger partial charge in [-0.15, -0.1) is 16.4 Å². The van der Waals surface area contributed by atoms with E-state index in [1.165, 1.54) is 11.3 Å². The lowest BCUT2D eigenvalue weighted by atomic mass is 10.2. The SMILES string of the molecule is Nc1n[nH]c(CCCc2csc(N)n2)n1. The Morgan fingerprint density at radius 1 is 1.27 bits per heavy atom. The van der Waals surface area contributed by atoms with Crippen LogP contribution in [0.4, 0.5) is 11.1 Å². The van der Waals surface area contributed by atoms with Gasteiger partial charge in [0.05, 0.1) is 5.69 Å². The van der Waals surface area contributed by atoms with E-state index in [9.17, 15) is 0 Å². The molecule has 5 N–H and O–H groups in total. The highest BCUT2D eigenvalue weighted by Gasteiger charge is 2.02. The van der Waals surface area contributed by atoms with Crippen LogP contribution < -0.4 is 11.5 Å². The minimum atomic E-state index is 0.294. The molecule has 0 fully saturated rings. The number of nitrogen functional groups attached to an aromatic ring is 2. The largest absolute Gasteiger partial charge is 0.375 e. The molecule has 0 atom stereocenters. The topological polar surface area (TPSA) is 106 Å². The van der Waals surface area contributed by atoms with Gasteiger partial charge in [0.15, 0.2) is 5.13 Å². The van der Waals surface area contributed by atoms with Gasteiger partial charge in [-0.05, 0) is 12.8 Å². The van der Waals surface area contributed by atoms with Crippen molar-refractivity contribution in [3.63, 3.8) is 0 Å². The molecule has 0 saturated heterocycles. The van der Waals surface area contributed by atoms with Crippen LogP contribution in [0.25, 0.3) is 0 Å². The van der Waals surface area contributed by atoms with Gasteiger partial charge in [-0.2, -0.15) is 4.98 Å². The van der Waals surface area contributed by atoms with E-state index in [1.54, 1.807) is 0 Å². The molecule has 80 valence electrons. The summed E-state index contributed by atoms with van der Waals surface area (Å²) in [4.78, 5) is 8.19. The van der Waals surface area contributed by atoms with E-state index in [0.29, 0.717) is 11.1 Å². The van der Waals surface area contributed by atoms with Crippen molar-refractivity contribution in [1.82, 2.24) is 20.2 Å². The number of nitrogens with zero attached hydrogens (tertiary/aromatic N) is 3. The summed E-state index contributed by atoms with van der Waals surface area (Å²) < 4.78 is 0. The lowest BCUT2D eigenvalue weighted by Crippen LogP contribution is -1.93. The van der Waals surface area contributed by atoms with Crippen molar-refractivity contribution in [3.8, 4) is 0 Å². The molecule has 2 heterocycles. The van der Waals surface area contributed by atoms with Crippen molar-refractivity contribution in [1.29, 1.82) is 0 Å². The van der Waals surface area contributed by atoms with Crippen LogP contribution >= 0.6 is 11.3 Å². The van der Waals surface area contributed by atoms with Gasteiger partial charge in [-0.1, -0.05) is 0 Å². The van der Waals surface area contributed by atoms with Crippen LogP contribution in [0.3, 0.4) is 0 Å². The van der Waals surface area contributed by atoms with Gasteiger partial charge in [0.25, 0.3) is 0 Å². The minimum Gasteiger partial charge on any atom is -0.375 e.